The molecule has 0 amide bonds. The van der Waals surface area contributed by atoms with Crippen LogP contribution in [0.3, 0.4) is 0 Å². The van der Waals surface area contributed by atoms with Crippen LogP contribution in [-0.4, -0.2) is 14.5 Å². The molecule has 0 nitrogen and oxygen atoms in total. The third-order valence-corrected chi connectivity index (χ3v) is 4.73. The topological polar surface area (TPSA) is 0 Å². The summed E-state index contributed by atoms with van der Waals surface area (Å²) in [5.74, 6) is 1.21. The van der Waals surface area contributed by atoms with E-state index in [0.717, 1.165) is 3.53 Å². The van der Waals surface area contributed by atoms with Gasteiger partial charge in [-0.15, -0.1) is 23.5 Å². The predicted octanol–water partition coefficient (Wildman–Crippen LogP) is 5.51. The van der Waals surface area contributed by atoms with Crippen molar-refractivity contribution in [1.29, 1.82) is 0 Å². The monoisotopic (exact) mass is 264 g/mol. The SMILES string of the molecule is CCCCCCCCSC(=S)SC(C)C. The van der Waals surface area contributed by atoms with Gasteiger partial charge in [-0.2, -0.15) is 0 Å². The molecule has 15 heavy (non-hydrogen) atoms. The fourth-order valence-electron chi connectivity index (χ4n) is 1.26. The minimum absolute atomic E-state index is 0.634. The Bertz CT molecular complexity index is 155. The van der Waals surface area contributed by atoms with E-state index < -0.39 is 0 Å². The fourth-order valence-corrected chi connectivity index (χ4v) is 4.09. The highest BCUT2D eigenvalue weighted by atomic mass is 32.2. The van der Waals surface area contributed by atoms with Crippen molar-refractivity contribution < 1.29 is 0 Å². The van der Waals surface area contributed by atoms with Gasteiger partial charge in [0.15, 0.2) is 0 Å². The van der Waals surface area contributed by atoms with Crippen LogP contribution in [0.25, 0.3) is 0 Å². The molecule has 0 spiro atoms. The summed E-state index contributed by atoms with van der Waals surface area (Å²) in [6.07, 6.45) is 8.25. The summed E-state index contributed by atoms with van der Waals surface area (Å²) in [7, 11) is 0. The molecule has 0 saturated heterocycles. The van der Waals surface area contributed by atoms with Gasteiger partial charge in [0, 0.05) is 5.25 Å². The van der Waals surface area contributed by atoms with E-state index >= 15 is 0 Å². The molecule has 0 heterocycles. The van der Waals surface area contributed by atoms with E-state index in [9.17, 15) is 0 Å². The second-order valence-electron chi connectivity index (χ2n) is 4.03. The standard InChI is InChI=1S/C12H24S3/c1-4-5-6-7-8-9-10-14-12(13)15-11(2)3/h11H,4-10H2,1-3H3. The van der Waals surface area contributed by atoms with E-state index in [4.69, 9.17) is 12.2 Å². The molecule has 0 aliphatic carbocycles. The average Bonchev–Trinajstić information content (AvgIpc) is 2.15. The Balaban J connectivity index is 3.13. The predicted molar refractivity (Wildman–Crippen MR) is 81.2 cm³/mol. The highest BCUT2D eigenvalue weighted by molar-refractivity contribution is 8.47. The Morgan fingerprint density at radius 1 is 1.07 bits per heavy atom. The molecule has 0 N–H and O–H groups in total. The second kappa shape index (κ2) is 11.3. The molecule has 3 heteroatoms. The van der Waals surface area contributed by atoms with Crippen molar-refractivity contribution >= 4 is 39.3 Å². The Labute approximate surface area is 109 Å². The van der Waals surface area contributed by atoms with E-state index in [-0.39, 0.29) is 0 Å². The molecule has 0 aromatic rings. The minimum atomic E-state index is 0.634. The van der Waals surface area contributed by atoms with Crippen LogP contribution in [-0.2, 0) is 0 Å². The Morgan fingerprint density at radius 2 is 1.67 bits per heavy atom. The van der Waals surface area contributed by atoms with Gasteiger partial charge in [-0.1, -0.05) is 65.1 Å². The molecule has 0 aromatic heterocycles. The molecule has 0 radical (unpaired) electrons. The Morgan fingerprint density at radius 3 is 2.27 bits per heavy atom. The lowest BCUT2D eigenvalue weighted by Crippen LogP contribution is -1.92. The molecule has 0 saturated carbocycles. The first-order valence-corrected chi connectivity index (χ1v) is 8.27. The van der Waals surface area contributed by atoms with Crippen LogP contribution in [0.1, 0.15) is 59.3 Å². The summed E-state index contributed by atoms with van der Waals surface area (Å²) in [5.41, 5.74) is 0. The van der Waals surface area contributed by atoms with Crippen molar-refractivity contribution in [2.45, 2.75) is 64.5 Å². The molecule has 0 atom stereocenters. The van der Waals surface area contributed by atoms with Gasteiger partial charge >= 0.3 is 0 Å². The van der Waals surface area contributed by atoms with Gasteiger partial charge in [0.1, 0.15) is 3.53 Å². The third-order valence-electron chi connectivity index (χ3n) is 2.05. The molecule has 0 rings (SSSR count). The molecule has 0 unspecified atom stereocenters. The highest BCUT2D eigenvalue weighted by Gasteiger charge is 2.01. The zero-order valence-corrected chi connectivity index (χ0v) is 12.7. The van der Waals surface area contributed by atoms with Crippen LogP contribution in [0.15, 0.2) is 0 Å². The molecular weight excluding hydrogens is 240 g/mol. The first-order valence-electron chi connectivity index (χ1n) is 6.00. The average molecular weight is 265 g/mol. The van der Waals surface area contributed by atoms with Crippen molar-refractivity contribution in [3.05, 3.63) is 0 Å². The van der Waals surface area contributed by atoms with Gasteiger partial charge in [-0.3, -0.25) is 0 Å². The van der Waals surface area contributed by atoms with E-state index in [0.29, 0.717) is 5.25 Å². The van der Waals surface area contributed by atoms with Crippen LogP contribution in [0.4, 0.5) is 0 Å². The van der Waals surface area contributed by atoms with Crippen LogP contribution in [0.2, 0.25) is 0 Å². The molecule has 0 aliphatic rings. The Hall–Kier alpha value is 0.790. The van der Waals surface area contributed by atoms with Crippen LogP contribution in [0, 0.1) is 0 Å². The normalized spacial score (nSPS) is 10.9. The summed E-state index contributed by atoms with van der Waals surface area (Å²) in [5, 5.41) is 0.634. The number of rotatable bonds is 8. The lowest BCUT2D eigenvalue weighted by molar-refractivity contribution is 0.627. The summed E-state index contributed by atoms with van der Waals surface area (Å²) in [6.45, 7) is 6.65. The fraction of sp³-hybridized carbons (Fsp3) is 0.917. The van der Waals surface area contributed by atoms with Crippen molar-refractivity contribution in [3.63, 3.8) is 0 Å². The van der Waals surface area contributed by atoms with E-state index in [1.54, 1.807) is 0 Å². The van der Waals surface area contributed by atoms with Crippen molar-refractivity contribution in [2.24, 2.45) is 0 Å². The maximum Gasteiger partial charge on any atom is 0.104 e. The Kier molecular flexibility index (Phi) is 11.9. The van der Waals surface area contributed by atoms with Crippen molar-refractivity contribution in [3.8, 4) is 0 Å². The van der Waals surface area contributed by atoms with Crippen LogP contribution < -0.4 is 0 Å². The molecular formula is C12H24S3. The molecule has 0 bridgehead atoms. The lowest BCUT2D eigenvalue weighted by atomic mass is 10.1. The zero-order valence-electron chi connectivity index (χ0n) is 10.3. The molecule has 0 aliphatic heterocycles. The van der Waals surface area contributed by atoms with Gasteiger partial charge in [0.05, 0.1) is 0 Å². The maximum absolute atomic E-state index is 5.28. The van der Waals surface area contributed by atoms with Crippen LogP contribution >= 0.6 is 35.7 Å². The van der Waals surface area contributed by atoms with Gasteiger partial charge in [0.2, 0.25) is 0 Å². The van der Waals surface area contributed by atoms with Gasteiger partial charge in [-0.25, -0.2) is 0 Å². The van der Waals surface area contributed by atoms with Crippen molar-refractivity contribution in [2.75, 3.05) is 5.75 Å². The number of hydrogen-bond donors (Lipinski definition) is 0. The number of thiocarbonyl (C=S) groups is 1. The van der Waals surface area contributed by atoms with Crippen LogP contribution in [0.5, 0.6) is 0 Å². The van der Waals surface area contributed by atoms with E-state index in [2.05, 4.69) is 20.8 Å². The first kappa shape index (κ1) is 15.8. The van der Waals surface area contributed by atoms with E-state index in [1.807, 2.05) is 23.5 Å². The quantitative estimate of drug-likeness (QED) is 0.419. The second-order valence-corrected chi connectivity index (χ2v) is 7.91. The van der Waals surface area contributed by atoms with Gasteiger partial charge < -0.3 is 0 Å². The molecule has 90 valence electrons. The minimum Gasteiger partial charge on any atom is -0.108 e. The summed E-state index contributed by atoms with van der Waals surface area (Å²) in [6, 6.07) is 0. The smallest absolute Gasteiger partial charge is 0.104 e. The summed E-state index contributed by atoms with van der Waals surface area (Å²) >= 11 is 8.96. The summed E-state index contributed by atoms with van der Waals surface area (Å²) < 4.78 is 1.12. The maximum atomic E-state index is 5.28. The number of thioether (sulfide) groups is 2. The van der Waals surface area contributed by atoms with Crippen molar-refractivity contribution in [1.82, 2.24) is 0 Å². The third kappa shape index (κ3) is 12.7. The van der Waals surface area contributed by atoms with E-state index in [1.165, 1.54) is 44.3 Å². The zero-order chi connectivity index (χ0) is 11.5. The number of unbranched alkanes of at least 4 members (excludes halogenated alkanes) is 5. The lowest BCUT2D eigenvalue weighted by Gasteiger charge is -2.05. The van der Waals surface area contributed by atoms with Gasteiger partial charge in [0.25, 0.3) is 0 Å². The largest absolute Gasteiger partial charge is 0.108 e. The van der Waals surface area contributed by atoms with Gasteiger partial charge in [-0.05, 0) is 12.2 Å². The highest BCUT2D eigenvalue weighted by Crippen LogP contribution is 2.22. The molecule has 0 aromatic carbocycles. The number of hydrogen-bond acceptors (Lipinski definition) is 3. The molecule has 0 fully saturated rings. The summed E-state index contributed by atoms with van der Waals surface area (Å²) in [4.78, 5) is 0. The first-order chi connectivity index (χ1) is 7.16.